The maximum atomic E-state index is 3.69. The SMILES string of the molecule is CC(C)NCC1(CN2CCSCC2)CCCC1. The van der Waals surface area contributed by atoms with Crippen LogP contribution in [0.1, 0.15) is 39.5 Å². The molecule has 17 heavy (non-hydrogen) atoms. The van der Waals surface area contributed by atoms with Gasteiger partial charge in [0.1, 0.15) is 0 Å². The first-order valence-corrected chi connectivity index (χ1v) is 8.39. The van der Waals surface area contributed by atoms with Gasteiger partial charge in [0, 0.05) is 43.7 Å². The van der Waals surface area contributed by atoms with Crippen molar-refractivity contribution in [2.45, 2.75) is 45.6 Å². The van der Waals surface area contributed by atoms with E-state index in [1.165, 1.54) is 63.4 Å². The van der Waals surface area contributed by atoms with E-state index in [1.807, 2.05) is 0 Å². The Labute approximate surface area is 111 Å². The molecule has 0 bridgehead atoms. The molecule has 1 aliphatic carbocycles. The largest absolute Gasteiger partial charge is 0.314 e. The third-order valence-corrected chi connectivity index (χ3v) is 5.15. The summed E-state index contributed by atoms with van der Waals surface area (Å²) in [5, 5.41) is 3.69. The molecule has 1 heterocycles. The Hall–Kier alpha value is 0.270. The topological polar surface area (TPSA) is 15.3 Å². The van der Waals surface area contributed by atoms with Gasteiger partial charge in [-0.3, -0.25) is 0 Å². The van der Waals surface area contributed by atoms with Gasteiger partial charge in [0.25, 0.3) is 0 Å². The van der Waals surface area contributed by atoms with Crippen LogP contribution in [0, 0.1) is 5.41 Å². The van der Waals surface area contributed by atoms with E-state index in [4.69, 9.17) is 0 Å². The number of rotatable bonds is 5. The van der Waals surface area contributed by atoms with Crippen molar-refractivity contribution in [1.29, 1.82) is 0 Å². The van der Waals surface area contributed by atoms with E-state index in [1.54, 1.807) is 0 Å². The zero-order valence-electron chi connectivity index (χ0n) is 11.5. The van der Waals surface area contributed by atoms with Crippen LogP contribution in [0.3, 0.4) is 0 Å². The lowest BCUT2D eigenvalue weighted by molar-refractivity contribution is 0.156. The molecule has 2 aliphatic rings. The first-order chi connectivity index (χ1) is 8.20. The van der Waals surface area contributed by atoms with Gasteiger partial charge in [-0.1, -0.05) is 26.7 Å². The first-order valence-electron chi connectivity index (χ1n) is 7.24. The molecule has 0 amide bonds. The van der Waals surface area contributed by atoms with Crippen molar-refractivity contribution in [3.05, 3.63) is 0 Å². The maximum absolute atomic E-state index is 3.69. The van der Waals surface area contributed by atoms with Gasteiger partial charge in [-0.2, -0.15) is 11.8 Å². The molecule has 0 atom stereocenters. The Balaban J connectivity index is 1.86. The summed E-state index contributed by atoms with van der Waals surface area (Å²) in [6.07, 6.45) is 5.78. The lowest BCUT2D eigenvalue weighted by Gasteiger charge is -2.37. The molecule has 2 nitrogen and oxygen atoms in total. The molecule has 0 unspecified atom stereocenters. The second-order valence-electron chi connectivity index (χ2n) is 6.13. The van der Waals surface area contributed by atoms with Crippen molar-refractivity contribution in [2.24, 2.45) is 5.41 Å². The minimum atomic E-state index is 0.590. The van der Waals surface area contributed by atoms with Crippen LogP contribution in [0.25, 0.3) is 0 Å². The minimum Gasteiger partial charge on any atom is -0.314 e. The second-order valence-corrected chi connectivity index (χ2v) is 7.36. The number of hydrogen-bond donors (Lipinski definition) is 1. The number of nitrogens with zero attached hydrogens (tertiary/aromatic N) is 1. The molecular weight excluding hydrogens is 228 g/mol. The maximum Gasteiger partial charge on any atom is 0.00729 e. The van der Waals surface area contributed by atoms with Crippen molar-refractivity contribution in [3.63, 3.8) is 0 Å². The highest BCUT2D eigenvalue weighted by Gasteiger charge is 2.35. The molecule has 1 N–H and O–H groups in total. The fraction of sp³-hybridized carbons (Fsp3) is 1.00. The summed E-state index contributed by atoms with van der Waals surface area (Å²) in [4.78, 5) is 2.71. The van der Waals surface area contributed by atoms with Crippen LogP contribution in [0.4, 0.5) is 0 Å². The van der Waals surface area contributed by atoms with E-state index in [0.717, 1.165) is 0 Å². The Morgan fingerprint density at radius 3 is 2.41 bits per heavy atom. The molecule has 0 radical (unpaired) electrons. The third kappa shape index (κ3) is 4.15. The summed E-state index contributed by atoms with van der Waals surface area (Å²) in [5.74, 6) is 2.68. The quantitative estimate of drug-likeness (QED) is 0.814. The van der Waals surface area contributed by atoms with Gasteiger partial charge in [-0.25, -0.2) is 0 Å². The smallest absolute Gasteiger partial charge is 0.00729 e. The molecule has 0 aromatic heterocycles. The van der Waals surface area contributed by atoms with Crippen molar-refractivity contribution in [3.8, 4) is 0 Å². The lowest BCUT2D eigenvalue weighted by Crippen LogP contribution is -2.46. The summed E-state index contributed by atoms with van der Waals surface area (Å²) >= 11 is 2.12. The number of thioether (sulfide) groups is 1. The summed E-state index contributed by atoms with van der Waals surface area (Å²) in [6.45, 7) is 9.73. The van der Waals surface area contributed by atoms with Gasteiger partial charge in [0.05, 0.1) is 0 Å². The van der Waals surface area contributed by atoms with E-state index < -0.39 is 0 Å². The monoisotopic (exact) mass is 256 g/mol. The van der Waals surface area contributed by atoms with Crippen LogP contribution in [-0.2, 0) is 0 Å². The Bertz CT molecular complexity index is 218. The molecule has 2 rings (SSSR count). The third-order valence-electron chi connectivity index (χ3n) is 4.21. The van der Waals surface area contributed by atoms with Gasteiger partial charge in [0.2, 0.25) is 0 Å². The molecule has 100 valence electrons. The van der Waals surface area contributed by atoms with E-state index >= 15 is 0 Å². The zero-order valence-corrected chi connectivity index (χ0v) is 12.3. The van der Waals surface area contributed by atoms with Crippen LogP contribution in [-0.4, -0.2) is 48.6 Å². The minimum absolute atomic E-state index is 0.590. The van der Waals surface area contributed by atoms with E-state index in [9.17, 15) is 0 Å². The Kier molecular flexibility index (Phi) is 5.19. The highest BCUT2D eigenvalue weighted by atomic mass is 32.2. The van der Waals surface area contributed by atoms with Crippen molar-refractivity contribution < 1.29 is 0 Å². The molecule has 1 saturated heterocycles. The van der Waals surface area contributed by atoms with Crippen LogP contribution in [0.5, 0.6) is 0 Å². The highest BCUT2D eigenvalue weighted by molar-refractivity contribution is 7.99. The van der Waals surface area contributed by atoms with E-state index in [0.29, 0.717) is 11.5 Å². The van der Waals surface area contributed by atoms with E-state index in [2.05, 4.69) is 35.8 Å². The zero-order chi connectivity index (χ0) is 12.1. The summed E-state index contributed by atoms with van der Waals surface area (Å²) in [7, 11) is 0. The Morgan fingerprint density at radius 2 is 1.82 bits per heavy atom. The van der Waals surface area contributed by atoms with Crippen LogP contribution >= 0.6 is 11.8 Å². The average molecular weight is 256 g/mol. The van der Waals surface area contributed by atoms with Crippen LogP contribution < -0.4 is 5.32 Å². The molecule has 0 spiro atoms. The standard InChI is InChI=1S/C14H28N2S/c1-13(2)15-11-14(5-3-4-6-14)12-16-7-9-17-10-8-16/h13,15H,3-12H2,1-2H3. The second kappa shape index (κ2) is 6.44. The van der Waals surface area contributed by atoms with Crippen molar-refractivity contribution in [1.82, 2.24) is 10.2 Å². The van der Waals surface area contributed by atoms with Gasteiger partial charge >= 0.3 is 0 Å². The molecule has 0 aromatic rings. The highest BCUT2D eigenvalue weighted by Crippen LogP contribution is 2.38. The molecule has 1 aliphatic heterocycles. The van der Waals surface area contributed by atoms with Gasteiger partial charge in [0.15, 0.2) is 0 Å². The molecule has 1 saturated carbocycles. The molecule has 2 fully saturated rings. The van der Waals surface area contributed by atoms with Crippen molar-refractivity contribution in [2.75, 3.05) is 37.7 Å². The predicted octanol–water partition coefficient (Wildman–Crippen LogP) is 2.59. The lowest BCUT2D eigenvalue weighted by atomic mass is 9.85. The summed E-state index contributed by atoms with van der Waals surface area (Å²) in [6, 6.07) is 0.629. The fourth-order valence-corrected chi connectivity index (χ4v) is 4.15. The van der Waals surface area contributed by atoms with Gasteiger partial charge in [-0.05, 0) is 18.3 Å². The van der Waals surface area contributed by atoms with Crippen LogP contribution in [0.2, 0.25) is 0 Å². The summed E-state index contributed by atoms with van der Waals surface area (Å²) < 4.78 is 0. The predicted molar refractivity (Wildman–Crippen MR) is 77.8 cm³/mol. The van der Waals surface area contributed by atoms with Gasteiger partial charge in [-0.15, -0.1) is 0 Å². The number of nitrogens with one attached hydrogen (secondary N) is 1. The van der Waals surface area contributed by atoms with Crippen molar-refractivity contribution >= 4 is 11.8 Å². The average Bonchev–Trinajstić information content (AvgIpc) is 2.77. The number of hydrogen-bond acceptors (Lipinski definition) is 3. The first kappa shape index (κ1) is 13.7. The summed E-state index contributed by atoms with van der Waals surface area (Å²) in [5.41, 5.74) is 0.590. The molecule has 3 heteroatoms. The fourth-order valence-electron chi connectivity index (χ4n) is 3.17. The van der Waals surface area contributed by atoms with E-state index in [-0.39, 0.29) is 0 Å². The van der Waals surface area contributed by atoms with Gasteiger partial charge < -0.3 is 10.2 Å². The Morgan fingerprint density at radius 1 is 1.18 bits per heavy atom. The molecular formula is C14H28N2S. The van der Waals surface area contributed by atoms with Crippen LogP contribution in [0.15, 0.2) is 0 Å². The molecule has 0 aromatic carbocycles. The normalized spacial score (nSPS) is 25.6.